The molecule has 0 spiro atoms. The number of H-pyrrole nitrogens is 1. The number of morpholine rings is 1. The molecule has 0 bridgehead atoms. The number of benzene rings is 3. The average Bonchev–Trinajstić information content (AvgIpc) is 3.73. The zero-order valence-corrected chi connectivity index (χ0v) is 31.9. The molecule has 1 atom stereocenters. The highest BCUT2D eigenvalue weighted by Crippen LogP contribution is 2.32. The summed E-state index contributed by atoms with van der Waals surface area (Å²) in [5, 5.41) is 29.9. The van der Waals surface area contributed by atoms with Crippen molar-refractivity contribution in [3.05, 3.63) is 78.4 Å². The van der Waals surface area contributed by atoms with Gasteiger partial charge in [0.25, 0.3) is 0 Å². The van der Waals surface area contributed by atoms with Gasteiger partial charge in [0, 0.05) is 55.3 Å². The number of ether oxygens (including phenoxy) is 2. The number of nitrogens with zero attached hydrogens (tertiary/aromatic N) is 5. The van der Waals surface area contributed by atoms with Crippen molar-refractivity contribution in [2.75, 3.05) is 51.3 Å². The quantitative estimate of drug-likeness (QED) is 0.129. The molecule has 1 saturated carbocycles. The zero-order chi connectivity index (χ0) is 38.8. The third-order valence-electron chi connectivity index (χ3n) is 10.4. The minimum absolute atomic E-state index is 0.168. The van der Waals surface area contributed by atoms with Crippen LogP contribution >= 0.6 is 0 Å². The summed E-state index contributed by atoms with van der Waals surface area (Å²) in [6, 6.07) is 22.3. The second-order valence-electron chi connectivity index (χ2n) is 15.4. The number of hydrogen-bond acceptors (Lipinski definition) is 9. The molecule has 1 aliphatic carbocycles. The van der Waals surface area contributed by atoms with E-state index < -0.39 is 17.7 Å². The highest BCUT2D eigenvalue weighted by Gasteiger charge is 2.33. The number of aromatic amines is 1. The SMILES string of the molecule is CC(C)(C)N(CC1CCC(C(=O)N[C@@H](Cc2ccc(-c3cccc(OCCN4CCOCC4)c3)cc2)C(=O)Nc2ccc(-c3nn[nH]n3)cc2)CC1)C(=O)O. The van der Waals surface area contributed by atoms with Gasteiger partial charge in [-0.05, 0) is 111 Å². The van der Waals surface area contributed by atoms with Gasteiger partial charge in [-0.25, -0.2) is 4.79 Å². The van der Waals surface area contributed by atoms with Crippen LogP contribution in [0.25, 0.3) is 22.5 Å². The van der Waals surface area contributed by atoms with E-state index in [2.05, 4.69) is 36.2 Å². The third kappa shape index (κ3) is 11.1. The van der Waals surface area contributed by atoms with Crippen molar-refractivity contribution < 1.29 is 29.0 Å². The smallest absolute Gasteiger partial charge is 0.407 e. The molecule has 0 radical (unpaired) electrons. The van der Waals surface area contributed by atoms with Gasteiger partial charge in [0.05, 0.1) is 13.2 Å². The Bertz CT molecular complexity index is 1850. The first-order valence-electron chi connectivity index (χ1n) is 19.1. The third-order valence-corrected chi connectivity index (χ3v) is 10.4. The molecule has 55 heavy (non-hydrogen) atoms. The zero-order valence-electron chi connectivity index (χ0n) is 31.9. The highest BCUT2D eigenvalue weighted by molar-refractivity contribution is 5.97. The molecule has 4 N–H and O–H groups in total. The van der Waals surface area contributed by atoms with Crippen LogP contribution in [-0.4, -0.2) is 111 Å². The summed E-state index contributed by atoms with van der Waals surface area (Å²) in [6.07, 6.45) is 2.09. The Hall–Kier alpha value is -5.34. The minimum Gasteiger partial charge on any atom is -0.492 e. The molecule has 2 fully saturated rings. The van der Waals surface area contributed by atoms with Crippen LogP contribution in [0.2, 0.25) is 0 Å². The lowest BCUT2D eigenvalue weighted by Crippen LogP contribution is -2.49. The van der Waals surface area contributed by atoms with Crippen LogP contribution in [0.4, 0.5) is 10.5 Å². The number of anilines is 1. The van der Waals surface area contributed by atoms with Crippen LogP contribution in [0.5, 0.6) is 5.75 Å². The highest BCUT2D eigenvalue weighted by atomic mass is 16.5. The minimum atomic E-state index is -0.934. The van der Waals surface area contributed by atoms with Gasteiger partial charge in [0.1, 0.15) is 18.4 Å². The first-order chi connectivity index (χ1) is 26.5. The van der Waals surface area contributed by atoms with Gasteiger partial charge in [-0.3, -0.25) is 14.5 Å². The molecule has 3 aromatic carbocycles. The van der Waals surface area contributed by atoms with E-state index in [1.807, 2.05) is 69.3 Å². The van der Waals surface area contributed by atoms with Crippen molar-refractivity contribution in [2.45, 2.75) is 64.5 Å². The van der Waals surface area contributed by atoms with Crippen molar-refractivity contribution in [1.29, 1.82) is 0 Å². The topological polar surface area (TPSA) is 175 Å². The first-order valence-corrected chi connectivity index (χ1v) is 19.1. The van der Waals surface area contributed by atoms with Gasteiger partial charge in [-0.2, -0.15) is 5.21 Å². The monoisotopic (exact) mass is 752 g/mol. The number of amides is 3. The molecule has 2 heterocycles. The molecule has 1 saturated heterocycles. The van der Waals surface area contributed by atoms with Gasteiger partial charge < -0.3 is 30.1 Å². The van der Waals surface area contributed by atoms with Gasteiger partial charge >= 0.3 is 6.09 Å². The summed E-state index contributed by atoms with van der Waals surface area (Å²) < 4.78 is 11.5. The Morgan fingerprint density at radius 3 is 2.33 bits per heavy atom. The van der Waals surface area contributed by atoms with E-state index in [0.717, 1.165) is 73.7 Å². The normalized spacial score (nSPS) is 18.2. The molecule has 1 aliphatic heterocycles. The lowest BCUT2D eigenvalue weighted by atomic mass is 9.80. The van der Waals surface area contributed by atoms with Crippen molar-refractivity contribution in [3.8, 4) is 28.3 Å². The summed E-state index contributed by atoms with van der Waals surface area (Å²) in [6.45, 7) is 10.9. The largest absolute Gasteiger partial charge is 0.492 e. The van der Waals surface area contributed by atoms with Crippen LogP contribution in [0.3, 0.4) is 0 Å². The molecule has 4 aromatic rings. The van der Waals surface area contributed by atoms with E-state index in [9.17, 15) is 19.5 Å². The standard InChI is InChI=1S/C41H52N8O6/c1-41(2,3)49(40(52)53)27-29-9-13-32(14-10-29)38(50)43-36(39(51)42-34-17-15-31(16-18-34)37-44-46-47-45-37)25-28-7-11-30(12-8-28)33-5-4-6-35(26-33)55-24-21-48-19-22-54-23-20-48/h4-8,11-12,15-18,26,29,32,36H,9-10,13-14,19-25,27H2,1-3H3,(H,42,51)(H,43,50)(H,52,53)(H,44,45,46,47)/t29?,32?,36-/m0/s1. The Labute approximate surface area is 322 Å². The molecule has 292 valence electrons. The number of aromatic nitrogens is 4. The summed E-state index contributed by atoms with van der Waals surface area (Å²) >= 11 is 0. The van der Waals surface area contributed by atoms with E-state index in [1.165, 1.54) is 4.90 Å². The van der Waals surface area contributed by atoms with Crippen LogP contribution in [0.1, 0.15) is 52.0 Å². The van der Waals surface area contributed by atoms with Crippen LogP contribution in [0.15, 0.2) is 72.8 Å². The fraction of sp³-hybridized carbons (Fsp3) is 0.463. The number of nitrogens with one attached hydrogen (secondary N) is 3. The Morgan fingerprint density at radius 2 is 1.67 bits per heavy atom. The number of carboxylic acid groups (broad SMARTS) is 1. The van der Waals surface area contributed by atoms with Crippen molar-refractivity contribution in [3.63, 3.8) is 0 Å². The van der Waals surface area contributed by atoms with Gasteiger partial charge in [0.2, 0.25) is 17.6 Å². The maximum absolute atomic E-state index is 13.8. The van der Waals surface area contributed by atoms with E-state index in [-0.39, 0.29) is 30.1 Å². The van der Waals surface area contributed by atoms with E-state index >= 15 is 0 Å². The molecule has 2 aliphatic rings. The fourth-order valence-corrected chi connectivity index (χ4v) is 7.17. The summed E-state index contributed by atoms with van der Waals surface area (Å²) in [4.78, 5) is 43.3. The lowest BCUT2D eigenvalue weighted by molar-refractivity contribution is -0.130. The number of hydrogen-bond donors (Lipinski definition) is 4. The molecular weight excluding hydrogens is 701 g/mol. The van der Waals surface area contributed by atoms with Crippen molar-refractivity contribution in [1.82, 2.24) is 35.7 Å². The number of carbonyl (C=O) groups is 3. The molecule has 14 heteroatoms. The van der Waals surface area contributed by atoms with Crippen LogP contribution in [-0.2, 0) is 20.7 Å². The van der Waals surface area contributed by atoms with E-state index in [1.54, 1.807) is 24.3 Å². The maximum Gasteiger partial charge on any atom is 0.407 e. The predicted octanol–water partition coefficient (Wildman–Crippen LogP) is 5.50. The molecule has 3 amide bonds. The number of tetrazole rings is 1. The summed E-state index contributed by atoms with van der Waals surface area (Å²) in [7, 11) is 0. The van der Waals surface area contributed by atoms with Crippen LogP contribution in [0, 0.1) is 11.8 Å². The van der Waals surface area contributed by atoms with Gasteiger partial charge in [-0.1, -0.05) is 36.4 Å². The second-order valence-corrected chi connectivity index (χ2v) is 15.4. The van der Waals surface area contributed by atoms with Gasteiger partial charge in [0.15, 0.2) is 0 Å². The molecule has 0 unspecified atom stereocenters. The maximum atomic E-state index is 13.8. The van der Waals surface area contributed by atoms with Crippen molar-refractivity contribution in [2.24, 2.45) is 11.8 Å². The summed E-state index contributed by atoms with van der Waals surface area (Å²) in [5.41, 5.74) is 3.74. The molecular formula is C41H52N8O6. The molecule has 14 nitrogen and oxygen atoms in total. The Morgan fingerprint density at radius 1 is 0.964 bits per heavy atom. The van der Waals surface area contributed by atoms with Gasteiger partial charge in [-0.15, -0.1) is 10.2 Å². The number of carbonyl (C=O) groups excluding carboxylic acids is 2. The Balaban J connectivity index is 1.10. The first kappa shape index (κ1) is 39.4. The Kier molecular flexibility index (Phi) is 13.1. The predicted molar refractivity (Wildman–Crippen MR) is 208 cm³/mol. The number of rotatable bonds is 14. The molecule has 1 aromatic heterocycles. The van der Waals surface area contributed by atoms with E-state index in [0.29, 0.717) is 37.5 Å². The van der Waals surface area contributed by atoms with Crippen molar-refractivity contribution >= 4 is 23.6 Å². The molecule has 6 rings (SSSR count). The van der Waals surface area contributed by atoms with Crippen LogP contribution < -0.4 is 15.4 Å². The lowest BCUT2D eigenvalue weighted by Gasteiger charge is -2.38. The fourth-order valence-electron chi connectivity index (χ4n) is 7.17. The van der Waals surface area contributed by atoms with E-state index in [4.69, 9.17) is 9.47 Å². The average molecular weight is 753 g/mol. The summed E-state index contributed by atoms with van der Waals surface area (Å²) in [5.74, 6) is 0.663. The second kappa shape index (κ2) is 18.3.